The van der Waals surface area contributed by atoms with E-state index < -0.39 is 17.8 Å². The highest BCUT2D eigenvalue weighted by Gasteiger charge is 2.36. The third-order valence-corrected chi connectivity index (χ3v) is 4.59. The SMILES string of the molecule is O=C(COC(=O)c1ccc(N2C(=O)c3ccccc3C2=O)cc1)c1ccccc1. The molecule has 3 aromatic carbocycles. The van der Waals surface area contributed by atoms with Gasteiger partial charge in [-0.05, 0) is 36.4 Å². The first-order chi connectivity index (χ1) is 14.1. The molecule has 142 valence electrons. The van der Waals surface area contributed by atoms with Crippen LogP contribution in [0.15, 0.2) is 78.9 Å². The fraction of sp³-hybridized carbons (Fsp3) is 0.0435. The van der Waals surface area contributed by atoms with Crippen LogP contribution in [-0.4, -0.2) is 30.2 Å². The molecule has 29 heavy (non-hydrogen) atoms. The highest BCUT2D eigenvalue weighted by atomic mass is 16.5. The van der Waals surface area contributed by atoms with Gasteiger partial charge in [-0.1, -0.05) is 42.5 Å². The van der Waals surface area contributed by atoms with Gasteiger partial charge >= 0.3 is 5.97 Å². The lowest BCUT2D eigenvalue weighted by atomic mass is 10.1. The van der Waals surface area contributed by atoms with Crippen LogP contribution in [0, 0.1) is 0 Å². The van der Waals surface area contributed by atoms with Crippen LogP contribution >= 0.6 is 0 Å². The van der Waals surface area contributed by atoms with Crippen molar-refractivity contribution in [1.29, 1.82) is 0 Å². The summed E-state index contributed by atoms with van der Waals surface area (Å²) >= 11 is 0. The number of benzene rings is 3. The summed E-state index contributed by atoms with van der Waals surface area (Å²) < 4.78 is 5.07. The molecule has 0 saturated carbocycles. The van der Waals surface area contributed by atoms with E-state index in [0.717, 1.165) is 4.90 Å². The van der Waals surface area contributed by atoms with Gasteiger partial charge in [0.2, 0.25) is 0 Å². The maximum Gasteiger partial charge on any atom is 0.338 e. The largest absolute Gasteiger partial charge is 0.454 e. The number of imide groups is 1. The Morgan fingerprint density at radius 1 is 0.690 bits per heavy atom. The summed E-state index contributed by atoms with van der Waals surface area (Å²) in [5.74, 6) is -1.78. The minimum absolute atomic E-state index is 0.214. The Hall–Kier alpha value is -4.06. The third kappa shape index (κ3) is 3.43. The second-order valence-corrected chi connectivity index (χ2v) is 6.40. The Labute approximate surface area is 166 Å². The first-order valence-corrected chi connectivity index (χ1v) is 8.89. The number of nitrogens with zero attached hydrogens (tertiary/aromatic N) is 1. The minimum Gasteiger partial charge on any atom is -0.454 e. The molecule has 1 aliphatic rings. The predicted molar refractivity (Wildman–Crippen MR) is 105 cm³/mol. The number of carbonyl (C=O) groups is 4. The van der Waals surface area contributed by atoms with Gasteiger partial charge in [0.15, 0.2) is 12.4 Å². The Kier molecular flexibility index (Phi) is 4.75. The summed E-state index contributed by atoms with van der Waals surface area (Å²) in [6, 6.07) is 21.0. The summed E-state index contributed by atoms with van der Waals surface area (Å²) in [7, 11) is 0. The molecule has 0 aliphatic carbocycles. The molecule has 0 saturated heterocycles. The van der Waals surface area contributed by atoms with E-state index in [9.17, 15) is 19.2 Å². The van der Waals surface area contributed by atoms with E-state index in [4.69, 9.17) is 4.74 Å². The van der Waals surface area contributed by atoms with Crippen LogP contribution in [0.1, 0.15) is 41.4 Å². The highest BCUT2D eigenvalue weighted by Crippen LogP contribution is 2.28. The Morgan fingerprint density at radius 3 is 1.83 bits per heavy atom. The van der Waals surface area contributed by atoms with Crippen molar-refractivity contribution in [2.75, 3.05) is 11.5 Å². The summed E-state index contributed by atoms with van der Waals surface area (Å²) in [6.07, 6.45) is 0. The summed E-state index contributed by atoms with van der Waals surface area (Å²) in [5.41, 5.74) is 1.72. The molecule has 6 heteroatoms. The van der Waals surface area contributed by atoms with Crippen LogP contribution in [0.2, 0.25) is 0 Å². The fourth-order valence-corrected chi connectivity index (χ4v) is 3.09. The number of ketones is 1. The van der Waals surface area contributed by atoms with Gasteiger partial charge in [0.1, 0.15) is 0 Å². The zero-order chi connectivity index (χ0) is 20.4. The maximum atomic E-state index is 12.5. The number of rotatable bonds is 5. The average molecular weight is 385 g/mol. The topological polar surface area (TPSA) is 80.8 Å². The van der Waals surface area contributed by atoms with E-state index in [0.29, 0.717) is 22.4 Å². The van der Waals surface area contributed by atoms with Gasteiger partial charge < -0.3 is 4.74 Å². The van der Waals surface area contributed by atoms with E-state index in [1.165, 1.54) is 24.3 Å². The molecular formula is C23H15NO5. The van der Waals surface area contributed by atoms with E-state index in [1.54, 1.807) is 54.6 Å². The number of amides is 2. The Bertz CT molecular complexity index is 1080. The summed E-state index contributed by atoms with van der Waals surface area (Å²) in [6.45, 7) is -0.372. The van der Waals surface area contributed by atoms with Gasteiger partial charge in [-0.25, -0.2) is 9.69 Å². The zero-order valence-electron chi connectivity index (χ0n) is 15.2. The highest BCUT2D eigenvalue weighted by molar-refractivity contribution is 6.34. The number of hydrogen-bond acceptors (Lipinski definition) is 5. The molecule has 6 nitrogen and oxygen atoms in total. The molecule has 1 aliphatic heterocycles. The van der Waals surface area contributed by atoms with Crippen LogP contribution in [0.4, 0.5) is 5.69 Å². The number of anilines is 1. The second kappa shape index (κ2) is 7.52. The molecule has 2 amide bonds. The molecule has 0 unspecified atom stereocenters. The molecule has 1 heterocycles. The van der Waals surface area contributed by atoms with Crippen LogP contribution in [0.3, 0.4) is 0 Å². The second-order valence-electron chi connectivity index (χ2n) is 6.40. The maximum absolute atomic E-state index is 12.5. The molecule has 0 fully saturated rings. The first-order valence-electron chi connectivity index (χ1n) is 8.89. The van der Waals surface area contributed by atoms with Crippen molar-refractivity contribution in [3.05, 3.63) is 101 Å². The zero-order valence-corrected chi connectivity index (χ0v) is 15.2. The third-order valence-electron chi connectivity index (χ3n) is 4.59. The quantitative estimate of drug-likeness (QED) is 0.381. The molecular weight excluding hydrogens is 370 g/mol. The minimum atomic E-state index is -0.664. The molecule has 0 bridgehead atoms. The number of Topliss-reactive ketones (excluding diaryl/α,β-unsaturated/α-hetero) is 1. The van der Waals surface area contributed by atoms with Crippen molar-refractivity contribution < 1.29 is 23.9 Å². The van der Waals surface area contributed by atoms with Gasteiger partial charge in [-0.3, -0.25) is 14.4 Å². The lowest BCUT2D eigenvalue weighted by molar-refractivity contribution is 0.0474. The van der Waals surface area contributed by atoms with E-state index in [-0.39, 0.29) is 18.0 Å². The van der Waals surface area contributed by atoms with Gasteiger partial charge in [0, 0.05) is 5.56 Å². The molecule has 0 spiro atoms. The number of ether oxygens (including phenoxy) is 1. The average Bonchev–Trinajstić information content (AvgIpc) is 3.03. The standard InChI is InChI=1S/C23H15NO5/c25-20(15-6-2-1-3-7-15)14-29-23(28)16-10-12-17(13-11-16)24-21(26)18-8-4-5-9-19(18)22(24)27/h1-13H,14H2. The lowest BCUT2D eigenvalue weighted by Crippen LogP contribution is -2.29. The van der Waals surface area contributed by atoms with Crippen molar-refractivity contribution >= 4 is 29.3 Å². The van der Waals surface area contributed by atoms with Crippen molar-refractivity contribution in [2.45, 2.75) is 0 Å². The van der Waals surface area contributed by atoms with Crippen LogP contribution in [0.25, 0.3) is 0 Å². The predicted octanol–water partition coefficient (Wildman–Crippen LogP) is 3.53. The van der Waals surface area contributed by atoms with E-state index >= 15 is 0 Å². The van der Waals surface area contributed by atoms with Gasteiger partial charge in [-0.15, -0.1) is 0 Å². The van der Waals surface area contributed by atoms with Gasteiger partial charge in [-0.2, -0.15) is 0 Å². The smallest absolute Gasteiger partial charge is 0.338 e. The van der Waals surface area contributed by atoms with Crippen molar-refractivity contribution in [3.63, 3.8) is 0 Å². The molecule has 0 aromatic heterocycles. The fourth-order valence-electron chi connectivity index (χ4n) is 3.09. The normalized spacial score (nSPS) is 12.6. The Morgan fingerprint density at radius 2 is 1.24 bits per heavy atom. The first kappa shape index (κ1) is 18.3. The van der Waals surface area contributed by atoms with Crippen LogP contribution < -0.4 is 4.90 Å². The molecule has 0 N–H and O–H groups in total. The van der Waals surface area contributed by atoms with Crippen LogP contribution in [0.5, 0.6) is 0 Å². The lowest BCUT2D eigenvalue weighted by Gasteiger charge is -2.14. The van der Waals surface area contributed by atoms with Gasteiger partial charge in [0.05, 0.1) is 22.4 Å². The summed E-state index contributed by atoms with van der Waals surface area (Å²) in [4.78, 5) is 50.3. The molecule has 4 rings (SSSR count). The van der Waals surface area contributed by atoms with Crippen molar-refractivity contribution in [1.82, 2.24) is 0 Å². The number of hydrogen-bond donors (Lipinski definition) is 0. The van der Waals surface area contributed by atoms with Crippen molar-refractivity contribution in [2.24, 2.45) is 0 Å². The molecule has 0 atom stereocenters. The number of carbonyl (C=O) groups excluding carboxylic acids is 4. The Balaban J connectivity index is 1.44. The van der Waals surface area contributed by atoms with Crippen LogP contribution in [-0.2, 0) is 4.74 Å². The number of esters is 1. The molecule has 0 radical (unpaired) electrons. The van der Waals surface area contributed by atoms with E-state index in [2.05, 4.69) is 0 Å². The summed E-state index contributed by atoms with van der Waals surface area (Å²) in [5, 5.41) is 0. The molecule has 3 aromatic rings. The van der Waals surface area contributed by atoms with Gasteiger partial charge in [0.25, 0.3) is 11.8 Å². The van der Waals surface area contributed by atoms with Crippen molar-refractivity contribution in [3.8, 4) is 0 Å². The number of fused-ring (bicyclic) bond motifs is 1. The van der Waals surface area contributed by atoms with E-state index in [1.807, 2.05) is 0 Å². The monoisotopic (exact) mass is 385 g/mol.